The predicted molar refractivity (Wildman–Crippen MR) is 89.2 cm³/mol. The molecule has 0 aromatic carbocycles. The summed E-state index contributed by atoms with van der Waals surface area (Å²) in [7, 11) is 0. The summed E-state index contributed by atoms with van der Waals surface area (Å²) < 4.78 is 11.5. The van der Waals surface area contributed by atoms with E-state index >= 15 is 0 Å². The van der Waals surface area contributed by atoms with Crippen LogP contribution in [0.3, 0.4) is 0 Å². The maximum absolute atomic E-state index is 12.9. The second kappa shape index (κ2) is 6.81. The molecule has 3 heterocycles. The SMILES string of the molecule is CC1SCC(C(=O)C2CCOC3(CCOCC3)C2)SC1C. The van der Waals surface area contributed by atoms with E-state index in [2.05, 4.69) is 13.8 Å². The van der Waals surface area contributed by atoms with E-state index in [-0.39, 0.29) is 16.8 Å². The Hall–Kier alpha value is 0.290. The Morgan fingerprint density at radius 3 is 2.62 bits per heavy atom. The smallest absolute Gasteiger partial charge is 0.149 e. The van der Waals surface area contributed by atoms with Crippen molar-refractivity contribution in [1.82, 2.24) is 0 Å². The van der Waals surface area contributed by atoms with Crippen LogP contribution in [-0.2, 0) is 14.3 Å². The molecule has 0 N–H and O–H groups in total. The molecule has 0 aliphatic carbocycles. The van der Waals surface area contributed by atoms with Crippen LogP contribution in [0.15, 0.2) is 0 Å². The van der Waals surface area contributed by atoms with Gasteiger partial charge in [0.1, 0.15) is 5.78 Å². The van der Waals surface area contributed by atoms with Crippen molar-refractivity contribution in [3.63, 3.8) is 0 Å². The highest BCUT2D eigenvalue weighted by Gasteiger charge is 2.43. The summed E-state index contributed by atoms with van der Waals surface area (Å²) in [4.78, 5) is 12.9. The average molecular weight is 331 g/mol. The Morgan fingerprint density at radius 2 is 1.90 bits per heavy atom. The van der Waals surface area contributed by atoms with Gasteiger partial charge in [0, 0.05) is 42.0 Å². The molecule has 21 heavy (non-hydrogen) atoms. The van der Waals surface area contributed by atoms with Gasteiger partial charge in [0.2, 0.25) is 0 Å². The highest BCUT2D eigenvalue weighted by atomic mass is 32.2. The molecule has 0 radical (unpaired) electrons. The number of carbonyl (C=O) groups is 1. The first-order chi connectivity index (χ1) is 10.1. The van der Waals surface area contributed by atoms with E-state index in [1.54, 1.807) is 0 Å². The van der Waals surface area contributed by atoms with Crippen molar-refractivity contribution < 1.29 is 14.3 Å². The molecule has 3 rings (SSSR count). The van der Waals surface area contributed by atoms with Gasteiger partial charge in [-0.2, -0.15) is 11.8 Å². The third-order valence-electron chi connectivity index (χ3n) is 5.17. The molecule has 0 aromatic rings. The molecular weight excluding hydrogens is 304 g/mol. The Kier molecular flexibility index (Phi) is 5.24. The molecule has 1 spiro atoms. The molecule has 4 atom stereocenters. The van der Waals surface area contributed by atoms with Gasteiger partial charge in [-0.05, 0) is 25.7 Å². The summed E-state index contributed by atoms with van der Waals surface area (Å²) in [6, 6.07) is 0. The van der Waals surface area contributed by atoms with Crippen molar-refractivity contribution >= 4 is 29.3 Å². The molecule has 0 aromatic heterocycles. The molecule has 3 nitrogen and oxygen atoms in total. The quantitative estimate of drug-likeness (QED) is 0.777. The van der Waals surface area contributed by atoms with Crippen LogP contribution in [0.2, 0.25) is 0 Å². The van der Waals surface area contributed by atoms with Gasteiger partial charge in [-0.1, -0.05) is 13.8 Å². The van der Waals surface area contributed by atoms with Crippen molar-refractivity contribution in [2.24, 2.45) is 5.92 Å². The number of ether oxygens (including phenoxy) is 2. The lowest BCUT2D eigenvalue weighted by molar-refractivity contribution is -0.156. The summed E-state index contributed by atoms with van der Waals surface area (Å²) in [5.41, 5.74) is -0.0673. The molecule has 3 aliphatic rings. The van der Waals surface area contributed by atoms with Crippen LogP contribution in [0.25, 0.3) is 0 Å². The van der Waals surface area contributed by atoms with E-state index in [1.165, 1.54) is 0 Å². The fourth-order valence-electron chi connectivity index (χ4n) is 3.56. The number of Topliss-reactive ketones (excluding diaryl/α,β-unsaturated/α-hetero) is 1. The van der Waals surface area contributed by atoms with Gasteiger partial charge in [-0.15, -0.1) is 11.8 Å². The van der Waals surface area contributed by atoms with Crippen LogP contribution in [0.1, 0.15) is 39.5 Å². The maximum atomic E-state index is 12.9. The lowest BCUT2D eigenvalue weighted by atomic mass is 9.78. The Bertz CT molecular complexity index is 376. The molecule has 3 saturated heterocycles. The van der Waals surface area contributed by atoms with Gasteiger partial charge in [-0.25, -0.2) is 0 Å². The Morgan fingerprint density at radius 1 is 1.14 bits per heavy atom. The first-order valence-corrected chi connectivity index (χ1v) is 10.1. The second-order valence-corrected chi connectivity index (χ2v) is 9.60. The predicted octanol–water partition coefficient (Wildman–Crippen LogP) is 3.16. The summed E-state index contributed by atoms with van der Waals surface area (Å²) in [5.74, 6) is 1.68. The summed E-state index contributed by atoms with van der Waals surface area (Å²) in [6.45, 7) is 6.83. The van der Waals surface area contributed by atoms with Crippen molar-refractivity contribution in [1.29, 1.82) is 0 Å². The fourth-order valence-corrected chi connectivity index (χ4v) is 6.52. The van der Waals surface area contributed by atoms with E-state index in [9.17, 15) is 4.79 Å². The normalized spacial score (nSPS) is 40.1. The highest BCUT2D eigenvalue weighted by Crippen LogP contribution is 2.41. The van der Waals surface area contributed by atoms with E-state index in [0.717, 1.165) is 51.3 Å². The van der Waals surface area contributed by atoms with Gasteiger partial charge in [0.15, 0.2) is 0 Å². The molecular formula is C16H26O3S2. The molecule has 5 heteroatoms. The lowest BCUT2D eigenvalue weighted by Crippen LogP contribution is -2.47. The third kappa shape index (κ3) is 3.62. The lowest BCUT2D eigenvalue weighted by Gasteiger charge is -2.44. The minimum Gasteiger partial charge on any atom is -0.381 e. The van der Waals surface area contributed by atoms with Crippen molar-refractivity contribution in [2.45, 2.75) is 60.9 Å². The van der Waals surface area contributed by atoms with Gasteiger partial charge in [-0.3, -0.25) is 4.79 Å². The second-order valence-electron chi connectivity index (χ2n) is 6.60. The van der Waals surface area contributed by atoms with Gasteiger partial charge < -0.3 is 9.47 Å². The van der Waals surface area contributed by atoms with E-state index in [1.807, 2.05) is 23.5 Å². The Labute approximate surface area is 136 Å². The number of hydrogen-bond acceptors (Lipinski definition) is 5. The monoisotopic (exact) mass is 330 g/mol. The number of carbonyl (C=O) groups excluding carboxylic acids is 1. The first kappa shape index (κ1) is 16.2. The highest BCUT2D eigenvalue weighted by molar-refractivity contribution is 8.08. The molecule has 0 saturated carbocycles. The van der Waals surface area contributed by atoms with Crippen LogP contribution in [0.4, 0.5) is 0 Å². The number of ketones is 1. The first-order valence-electron chi connectivity index (χ1n) is 8.12. The van der Waals surface area contributed by atoms with Crippen LogP contribution >= 0.6 is 23.5 Å². The van der Waals surface area contributed by atoms with Crippen LogP contribution in [0.5, 0.6) is 0 Å². The fraction of sp³-hybridized carbons (Fsp3) is 0.938. The minimum absolute atomic E-state index is 0.0673. The number of rotatable bonds is 2. The van der Waals surface area contributed by atoms with Gasteiger partial charge in [0.05, 0.1) is 10.9 Å². The van der Waals surface area contributed by atoms with Crippen molar-refractivity contribution in [3.05, 3.63) is 0 Å². The number of hydrogen-bond donors (Lipinski definition) is 0. The van der Waals surface area contributed by atoms with Gasteiger partial charge in [0.25, 0.3) is 0 Å². The van der Waals surface area contributed by atoms with Crippen LogP contribution < -0.4 is 0 Å². The molecule has 3 fully saturated rings. The Balaban J connectivity index is 1.61. The summed E-state index contributed by atoms with van der Waals surface area (Å²) >= 11 is 3.86. The topological polar surface area (TPSA) is 35.5 Å². The zero-order chi connectivity index (χ0) is 14.9. The van der Waals surface area contributed by atoms with Crippen molar-refractivity contribution in [3.8, 4) is 0 Å². The zero-order valence-electron chi connectivity index (χ0n) is 13.0. The average Bonchev–Trinajstić information content (AvgIpc) is 2.50. The molecule has 4 unspecified atom stereocenters. The standard InChI is InChI=1S/C16H26O3S2/c1-11-12(2)21-14(10-20-11)15(17)13-3-6-19-16(9-13)4-7-18-8-5-16/h11-14H,3-10H2,1-2H3. The van der Waals surface area contributed by atoms with Crippen molar-refractivity contribution in [2.75, 3.05) is 25.6 Å². The summed E-state index contributed by atoms with van der Waals surface area (Å²) in [5, 5.41) is 1.44. The van der Waals surface area contributed by atoms with Gasteiger partial charge >= 0.3 is 0 Å². The molecule has 3 aliphatic heterocycles. The largest absolute Gasteiger partial charge is 0.381 e. The molecule has 0 amide bonds. The van der Waals surface area contributed by atoms with Crippen LogP contribution in [-0.4, -0.2) is 52.7 Å². The minimum atomic E-state index is -0.0673. The third-order valence-corrected chi connectivity index (χ3v) is 8.58. The van der Waals surface area contributed by atoms with E-state index < -0.39 is 0 Å². The molecule has 0 bridgehead atoms. The summed E-state index contributed by atoms with van der Waals surface area (Å²) in [6.07, 6.45) is 3.74. The molecule has 120 valence electrons. The van der Waals surface area contributed by atoms with Crippen LogP contribution in [0, 0.1) is 5.92 Å². The number of thioether (sulfide) groups is 2. The maximum Gasteiger partial charge on any atom is 0.149 e. The van der Waals surface area contributed by atoms with E-state index in [4.69, 9.17) is 9.47 Å². The van der Waals surface area contributed by atoms with E-state index in [0.29, 0.717) is 16.3 Å². The zero-order valence-corrected chi connectivity index (χ0v) is 14.6.